The minimum absolute atomic E-state index is 0.667. The molecule has 0 aromatic carbocycles. The van der Waals surface area contributed by atoms with E-state index in [0.717, 1.165) is 30.3 Å². The van der Waals surface area contributed by atoms with Gasteiger partial charge in [0.25, 0.3) is 0 Å². The molecule has 1 rings (SSSR count). The van der Waals surface area contributed by atoms with Crippen LogP contribution in [0.3, 0.4) is 0 Å². The van der Waals surface area contributed by atoms with E-state index in [9.17, 15) is 0 Å². The molecule has 3 heteroatoms. The van der Waals surface area contributed by atoms with Crippen LogP contribution in [0.15, 0.2) is 0 Å². The Morgan fingerprint density at radius 2 is 0.478 bits per heavy atom. The van der Waals surface area contributed by atoms with E-state index in [2.05, 4.69) is 20.8 Å². The van der Waals surface area contributed by atoms with E-state index < -0.39 is 0 Å². The Morgan fingerprint density at radius 1 is 0.283 bits per heavy atom. The molecule has 1 heterocycles. The first kappa shape index (κ1) is 43.0. The molecule has 0 fully saturated rings. The Morgan fingerprint density at radius 3 is 0.696 bits per heavy atom. The number of hydrogen-bond donors (Lipinski definition) is 0. The fourth-order valence-corrected chi connectivity index (χ4v) is 6.87. The first-order chi connectivity index (χ1) is 22.8. The molecule has 0 atom stereocenters. The largest absolute Gasteiger partial charge is 0.218 e. The second-order valence-corrected chi connectivity index (χ2v) is 14.6. The predicted molar refractivity (Wildman–Crippen MR) is 205 cm³/mol. The van der Waals surface area contributed by atoms with Crippen LogP contribution in [-0.4, -0.2) is 15.0 Å². The third kappa shape index (κ3) is 29.2. The molecule has 0 spiro atoms. The Hall–Kier alpha value is -0.990. The zero-order chi connectivity index (χ0) is 33.0. The van der Waals surface area contributed by atoms with E-state index in [1.165, 1.54) is 218 Å². The average molecular weight is 641 g/mol. The lowest BCUT2D eigenvalue weighted by Gasteiger charge is -2.07. The second-order valence-electron chi connectivity index (χ2n) is 14.6. The SMILES string of the molecule is [CH2]Cc1nc(CCCCCCCCCCCCCCCCCCC)nc(CCCCCCCCCCCCCCCCCCC)n1. The molecule has 1 aromatic heterocycles. The molecule has 0 N–H and O–H groups in total. The molecule has 0 saturated carbocycles. The summed E-state index contributed by atoms with van der Waals surface area (Å²) in [5.74, 6) is 2.91. The summed E-state index contributed by atoms with van der Waals surface area (Å²) in [6.45, 7) is 8.65. The molecule has 0 aliphatic heterocycles. The van der Waals surface area contributed by atoms with Gasteiger partial charge in [0.05, 0.1) is 0 Å². The topological polar surface area (TPSA) is 38.7 Å². The van der Waals surface area contributed by atoms with Gasteiger partial charge in [-0.1, -0.05) is 219 Å². The van der Waals surface area contributed by atoms with E-state index in [1.807, 2.05) is 0 Å². The Labute approximate surface area is 290 Å². The number of hydrogen-bond acceptors (Lipinski definition) is 3. The summed E-state index contributed by atoms with van der Waals surface area (Å²) in [6, 6.07) is 0. The zero-order valence-corrected chi connectivity index (χ0v) is 31.7. The lowest BCUT2D eigenvalue weighted by Crippen LogP contribution is -2.08. The average Bonchev–Trinajstić information content (AvgIpc) is 3.07. The highest BCUT2D eigenvalue weighted by Gasteiger charge is 2.06. The third-order valence-corrected chi connectivity index (χ3v) is 10.0. The lowest BCUT2D eigenvalue weighted by atomic mass is 10.0. The van der Waals surface area contributed by atoms with Crippen molar-refractivity contribution in [2.24, 2.45) is 0 Å². The first-order valence-electron chi connectivity index (χ1n) is 21.3. The number of rotatable bonds is 37. The summed E-state index contributed by atoms with van der Waals surface area (Å²) in [4.78, 5) is 14.3. The Kier molecular flexibility index (Phi) is 33.0. The highest BCUT2D eigenvalue weighted by atomic mass is 15.0. The number of aryl methyl sites for hydroxylation is 2. The van der Waals surface area contributed by atoms with E-state index in [-0.39, 0.29) is 0 Å². The number of nitrogens with zero attached hydrogens (tertiary/aromatic N) is 3. The standard InChI is InChI=1S/C43H82N3/c1-4-7-9-11-13-15-17-19-21-23-25-27-29-31-33-35-37-39-42-44-41(6-3)45-43(46-42)40-38-36-34-32-30-28-26-24-22-20-18-16-14-12-10-8-5-2/h3-40H2,1-2H3. The van der Waals surface area contributed by atoms with Gasteiger partial charge in [0, 0.05) is 19.3 Å². The number of aromatic nitrogens is 3. The van der Waals surface area contributed by atoms with Crippen molar-refractivity contribution in [3.8, 4) is 0 Å². The van der Waals surface area contributed by atoms with Crippen LogP contribution in [0.1, 0.15) is 250 Å². The van der Waals surface area contributed by atoms with Crippen LogP contribution in [0.5, 0.6) is 0 Å². The molecule has 1 aromatic rings. The first-order valence-corrected chi connectivity index (χ1v) is 21.3. The molecule has 0 aliphatic rings. The van der Waals surface area contributed by atoms with E-state index in [4.69, 9.17) is 15.0 Å². The van der Waals surface area contributed by atoms with E-state index >= 15 is 0 Å². The molecular formula is C43H82N3. The van der Waals surface area contributed by atoms with Crippen LogP contribution in [0.4, 0.5) is 0 Å². The van der Waals surface area contributed by atoms with Gasteiger partial charge in [0.1, 0.15) is 17.5 Å². The smallest absolute Gasteiger partial charge is 0.132 e. The van der Waals surface area contributed by atoms with Crippen LogP contribution in [0.2, 0.25) is 0 Å². The van der Waals surface area contributed by atoms with Crippen molar-refractivity contribution >= 4 is 0 Å². The minimum Gasteiger partial charge on any atom is -0.218 e. The fourth-order valence-electron chi connectivity index (χ4n) is 6.87. The van der Waals surface area contributed by atoms with Gasteiger partial charge in [0.15, 0.2) is 0 Å². The van der Waals surface area contributed by atoms with Crippen molar-refractivity contribution in [1.29, 1.82) is 0 Å². The monoisotopic (exact) mass is 641 g/mol. The van der Waals surface area contributed by atoms with Gasteiger partial charge in [-0.3, -0.25) is 0 Å². The minimum atomic E-state index is 0.667. The normalized spacial score (nSPS) is 11.5. The Bertz CT molecular complexity index is 676. The van der Waals surface area contributed by atoms with Crippen molar-refractivity contribution < 1.29 is 0 Å². The van der Waals surface area contributed by atoms with Crippen molar-refractivity contribution in [2.75, 3.05) is 0 Å². The van der Waals surface area contributed by atoms with Crippen molar-refractivity contribution in [2.45, 2.75) is 251 Å². The molecule has 1 radical (unpaired) electrons. The molecule has 0 unspecified atom stereocenters. The summed E-state index contributed by atoms with van der Waals surface area (Å²) in [5.41, 5.74) is 0. The van der Waals surface area contributed by atoms with Crippen LogP contribution in [0.25, 0.3) is 0 Å². The van der Waals surface area contributed by atoms with Gasteiger partial charge >= 0.3 is 0 Å². The fraction of sp³-hybridized carbons (Fsp3) is 0.907. The summed E-state index contributed by atoms with van der Waals surface area (Å²) in [6.07, 6.45) is 50.7. The molecule has 269 valence electrons. The molecule has 46 heavy (non-hydrogen) atoms. The molecule has 3 nitrogen and oxygen atoms in total. The zero-order valence-electron chi connectivity index (χ0n) is 31.7. The van der Waals surface area contributed by atoms with Gasteiger partial charge in [-0.25, -0.2) is 15.0 Å². The maximum absolute atomic E-state index is 4.85. The van der Waals surface area contributed by atoms with Crippen LogP contribution in [0, 0.1) is 6.92 Å². The summed E-state index contributed by atoms with van der Waals surface area (Å²) in [7, 11) is 0. The molecule has 0 aliphatic carbocycles. The molecule has 0 amide bonds. The highest BCUT2D eigenvalue weighted by molar-refractivity contribution is 4.99. The van der Waals surface area contributed by atoms with E-state index in [0.29, 0.717) is 6.42 Å². The van der Waals surface area contributed by atoms with Gasteiger partial charge < -0.3 is 0 Å². The van der Waals surface area contributed by atoms with Crippen LogP contribution >= 0.6 is 0 Å². The maximum atomic E-state index is 4.85. The summed E-state index contributed by atoms with van der Waals surface area (Å²) < 4.78 is 0. The third-order valence-electron chi connectivity index (χ3n) is 10.0. The van der Waals surface area contributed by atoms with Gasteiger partial charge in [0.2, 0.25) is 0 Å². The quantitative estimate of drug-likeness (QED) is 0.0679. The lowest BCUT2D eigenvalue weighted by molar-refractivity contribution is 0.525. The second kappa shape index (κ2) is 35.3. The molecular weight excluding hydrogens is 558 g/mol. The van der Waals surface area contributed by atoms with Crippen LogP contribution in [-0.2, 0) is 19.3 Å². The van der Waals surface area contributed by atoms with Gasteiger partial charge in [-0.2, -0.15) is 0 Å². The molecule has 0 bridgehead atoms. The van der Waals surface area contributed by atoms with Crippen molar-refractivity contribution in [3.05, 3.63) is 24.4 Å². The Balaban J connectivity index is 1.95. The van der Waals surface area contributed by atoms with Gasteiger partial charge in [-0.15, -0.1) is 0 Å². The summed E-state index contributed by atoms with van der Waals surface area (Å²) >= 11 is 0. The maximum Gasteiger partial charge on any atom is 0.132 e. The van der Waals surface area contributed by atoms with Crippen molar-refractivity contribution in [3.63, 3.8) is 0 Å². The molecule has 0 saturated heterocycles. The van der Waals surface area contributed by atoms with Crippen molar-refractivity contribution in [1.82, 2.24) is 15.0 Å². The predicted octanol–water partition coefficient (Wildman–Crippen LogP) is 14.6. The van der Waals surface area contributed by atoms with E-state index in [1.54, 1.807) is 0 Å². The van der Waals surface area contributed by atoms with Crippen LogP contribution < -0.4 is 0 Å². The highest BCUT2D eigenvalue weighted by Crippen LogP contribution is 2.16. The summed E-state index contributed by atoms with van der Waals surface area (Å²) in [5, 5.41) is 0. The number of unbranched alkanes of at least 4 members (excludes halogenated alkanes) is 32. The van der Waals surface area contributed by atoms with Gasteiger partial charge in [-0.05, 0) is 19.8 Å².